The molecular formula is C32H27ClF3N5O4. The largest absolute Gasteiger partial charge is 0.497 e. The zero-order valence-corrected chi connectivity index (χ0v) is 24.8. The quantitative estimate of drug-likeness (QED) is 0.232. The highest BCUT2D eigenvalue weighted by Crippen LogP contribution is 2.39. The highest BCUT2D eigenvalue weighted by Gasteiger charge is 2.22. The normalized spacial score (nSPS) is 13.5. The second-order valence-electron chi connectivity index (χ2n) is 10.6. The zero-order chi connectivity index (χ0) is 31.7. The van der Waals surface area contributed by atoms with E-state index in [4.69, 9.17) is 21.1 Å². The summed E-state index contributed by atoms with van der Waals surface area (Å²) in [6.07, 6.45) is 7.08. The Morgan fingerprint density at radius 2 is 1.80 bits per heavy atom. The molecule has 0 spiro atoms. The fourth-order valence-electron chi connectivity index (χ4n) is 5.44. The van der Waals surface area contributed by atoms with Crippen LogP contribution in [0.2, 0.25) is 5.02 Å². The highest BCUT2D eigenvalue weighted by atomic mass is 35.5. The van der Waals surface area contributed by atoms with Crippen LogP contribution in [0.5, 0.6) is 11.5 Å². The molecule has 0 fully saturated rings. The summed E-state index contributed by atoms with van der Waals surface area (Å²) in [6, 6.07) is 9.77. The van der Waals surface area contributed by atoms with Crippen molar-refractivity contribution >= 4 is 34.0 Å². The SMILES string of the molecule is COc1cc(Cl)c2c(c1)OCCCCCCc1cccc3cncc(c13)-n1c(=O)nc(n(Cc3cc(F)c(F)cc3F)c1=O)N2. The van der Waals surface area contributed by atoms with Gasteiger partial charge < -0.3 is 14.8 Å². The molecule has 0 saturated carbocycles. The first-order valence-corrected chi connectivity index (χ1v) is 14.6. The third-order valence-corrected chi connectivity index (χ3v) is 7.98. The van der Waals surface area contributed by atoms with Gasteiger partial charge in [0.2, 0.25) is 5.95 Å². The van der Waals surface area contributed by atoms with Gasteiger partial charge in [-0.1, -0.05) is 42.6 Å². The first-order chi connectivity index (χ1) is 21.7. The van der Waals surface area contributed by atoms with Gasteiger partial charge in [0.25, 0.3) is 0 Å². The maximum Gasteiger partial charge on any atom is 0.359 e. The lowest BCUT2D eigenvalue weighted by molar-refractivity contribution is 0.304. The molecule has 13 heteroatoms. The molecule has 2 aromatic heterocycles. The fourth-order valence-corrected chi connectivity index (χ4v) is 5.69. The van der Waals surface area contributed by atoms with Gasteiger partial charge in [-0.2, -0.15) is 4.98 Å². The van der Waals surface area contributed by atoms with E-state index in [1.165, 1.54) is 19.4 Å². The average Bonchev–Trinajstić information content (AvgIpc) is 3.02. The topological polar surface area (TPSA) is 100 Å². The standard InChI is InChI=1S/C32H27ClF3N5O4/c1-44-21-12-22(33)29-27(13-21)45-10-5-3-2-4-7-18-8-6-9-19-15-37-16-26(28(18)19)41-31(42)39-30(38-29)40(32(41)43)17-20-11-24(35)25(36)14-23(20)34/h6,8-9,11-16H,2-5,7,10,17H2,1H3,(H,38,39,42). The van der Waals surface area contributed by atoms with E-state index in [0.29, 0.717) is 41.7 Å². The summed E-state index contributed by atoms with van der Waals surface area (Å²) in [5, 5.41) is 4.38. The van der Waals surface area contributed by atoms with Crippen LogP contribution < -0.4 is 26.2 Å². The average molecular weight is 638 g/mol. The number of nitrogens with zero attached hydrogens (tertiary/aromatic N) is 4. The minimum atomic E-state index is -1.39. The van der Waals surface area contributed by atoms with E-state index in [2.05, 4.69) is 15.3 Å². The van der Waals surface area contributed by atoms with Gasteiger partial charge in [-0.15, -0.1) is 0 Å². The summed E-state index contributed by atoms with van der Waals surface area (Å²) in [5.41, 5.74) is -0.978. The molecule has 0 amide bonds. The van der Waals surface area contributed by atoms with Crippen LogP contribution in [-0.4, -0.2) is 32.8 Å². The first-order valence-electron chi connectivity index (χ1n) is 14.3. The Labute approximate surface area is 259 Å². The maximum atomic E-state index is 14.9. The third kappa shape index (κ3) is 5.97. The molecule has 3 aromatic carbocycles. The summed E-state index contributed by atoms with van der Waals surface area (Å²) in [4.78, 5) is 36.4. The van der Waals surface area contributed by atoms with Gasteiger partial charge in [0, 0.05) is 40.7 Å². The number of methoxy groups -OCH3 is 1. The van der Waals surface area contributed by atoms with Crippen LogP contribution >= 0.6 is 11.6 Å². The van der Waals surface area contributed by atoms with Crippen LogP contribution in [0.1, 0.15) is 36.8 Å². The van der Waals surface area contributed by atoms with E-state index < -0.39 is 35.4 Å². The summed E-state index contributed by atoms with van der Waals surface area (Å²) in [6.45, 7) is -0.281. The second-order valence-corrected chi connectivity index (χ2v) is 11.0. The molecule has 2 bridgehead atoms. The number of nitrogens with one attached hydrogen (secondary N) is 1. The van der Waals surface area contributed by atoms with Crippen molar-refractivity contribution in [3.63, 3.8) is 0 Å². The van der Waals surface area contributed by atoms with Crippen LogP contribution in [0, 0.1) is 17.5 Å². The first kappa shape index (κ1) is 30.2. The molecule has 0 aliphatic carbocycles. The molecule has 45 heavy (non-hydrogen) atoms. The molecule has 1 N–H and O–H groups in total. The van der Waals surface area contributed by atoms with E-state index in [-0.39, 0.29) is 33.7 Å². The number of fused-ring (bicyclic) bond motifs is 8. The van der Waals surface area contributed by atoms with Crippen molar-refractivity contribution in [2.75, 3.05) is 19.0 Å². The number of halogens is 4. The number of aromatic nitrogens is 4. The summed E-state index contributed by atoms with van der Waals surface area (Å²) < 4.78 is 56.1. The van der Waals surface area contributed by atoms with Crippen LogP contribution in [0.15, 0.2) is 64.4 Å². The van der Waals surface area contributed by atoms with Crippen LogP contribution in [0.4, 0.5) is 24.8 Å². The van der Waals surface area contributed by atoms with Gasteiger partial charge in [0.1, 0.15) is 23.0 Å². The summed E-state index contributed by atoms with van der Waals surface area (Å²) >= 11 is 6.60. The zero-order valence-electron chi connectivity index (χ0n) is 24.1. The summed E-state index contributed by atoms with van der Waals surface area (Å²) in [5.74, 6) is -3.46. The Morgan fingerprint density at radius 3 is 2.62 bits per heavy atom. The number of aryl methyl sites for hydroxylation is 1. The molecule has 232 valence electrons. The highest BCUT2D eigenvalue weighted by molar-refractivity contribution is 6.33. The van der Waals surface area contributed by atoms with Gasteiger partial charge in [-0.05, 0) is 30.9 Å². The minimum absolute atomic E-state index is 0.120. The molecule has 0 atom stereocenters. The smallest absolute Gasteiger partial charge is 0.359 e. The van der Waals surface area contributed by atoms with Crippen molar-refractivity contribution in [1.82, 2.24) is 19.1 Å². The Morgan fingerprint density at radius 1 is 1.00 bits per heavy atom. The molecule has 2 aliphatic heterocycles. The number of hydrogen-bond donors (Lipinski definition) is 1. The number of pyridine rings is 1. The van der Waals surface area contributed by atoms with Crippen molar-refractivity contribution in [2.45, 2.75) is 38.6 Å². The Hall–Kier alpha value is -4.84. The lowest BCUT2D eigenvalue weighted by atomic mass is 9.99. The molecule has 7 rings (SSSR count). The summed E-state index contributed by atoms with van der Waals surface area (Å²) in [7, 11) is 1.46. The van der Waals surface area contributed by atoms with Crippen molar-refractivity contribution in [1.29, 1.82) is 0 Å². The van der Waals surface area contributed by atoms with Crippen molar-refractivity contribution < 1.29 is 22.6 Å². The molecule has 2 aliphatic rings. The van der Waals surface area contributed by atoms with E-state index in [1.807, 2.05) is 18.2 Å². The number of hydrogen-bond acceptors (Lipinski definition) is 7. The van der Waals surface area contributed by atoms with Crippen molar-refractivity contribution in [3.8, 4) is 17.2 Å². The third-order valence-electron chi connectivity index (χ3n) is 7.68. The predicted octanol–water partition coefficient (Wildman–Crippen LogP) is 6.31. The van der Waals surface area contributed by atoms with Gasteiger partial charge in [0.15, 0.2) is 11.6 Å². The molecule has 9 nitrogen and oxygen atoms in total. The van der Waals surface area contributed by atoms with Gasteiger partial charge in [-0.3, -0.25) is 9.55 Å². The number of ether oxygens (including phenoxy) is 2. The minimum Gasteiger partial charge on any atom is -0.497 e. The molecule has 5 aromatic rings. The molecule has 0 radical (unpaired) electrons. The van der Waals surface area contributed by atoms with Crippen LogP contribution in [-0.2, 0) is 13.0 Å². The fraction of sp³-hybridized carbons (Fsp3) is 0.250. The predicted molar refractivity (Wildman–Crippen MR) is 164 cm³/mol. The van der Waals surface area contributed by atoms with Crippen molar-refractivity contribution in [3.05, 3.63) is 109 Å². The molecule has 0 saturated heterocycles. The number of anilines is 2. The number of benzene rings is 3. The number of rotatable bonds is 3. The Kier molecular flexibility index (Phi) is 8.48. The second kappa shape index (κ2) is 12.6. The molecule has 4 heterocycles. The lowest BCUT2D eigenvalue weighted by Crippen LogP contribution is -2.42. The van der Waals surface area contributed by atoms with E-state index in [1.54, 1.807) is 12.3 Å². The van der Waals surface area contributed by atoms with E-state index in [0.717, 1.165) is 40.4 Å². The van der Waals surface area contributed by atoms with Gasteiger partial charge in [0.05, 0.1) is 37.2 Å². The Balaban J connectivity index is 1.63. The molecule has 0 unspecified atom stereocenters. The van der Waals surface area contributed by atoms with Crippen LogP contribution in [0.3, 0.4) is 0 Å². The molecular weight excluding hydrogens is 611 g/mol. The van der Waals surface area contributed by atoms with E-state index >= 15 is 0 Å². The van der Waals surface area contributed by atoms with Crippen molar-refractivity contribution in [2.24, 2.45) is 0 Å². The van der Waals surface area contributed by atoms with Crippen LogP contribution in [0.25, 0.3) is 16.5 Å². The monoisotopic (exact) mass is 637 g/mol. The van der Waals surface area contributed by atoms with Gasteiger partial charge >= 0.3 is 11.4 Å². The van der Waals surface area contributed by atoms with Gasteiger partial charge in [-0.25, -0.2) is 27.3 Å². The Bertz CT molecular complexity index is 2040. The van der Waals surface area contributed by atoms with E-state index in [9.17, 15) is 22.8 Å². The maximum absolute atomic E-state index is 14.9. The lowest BCUT2D eigenvalue weighted by Gasteiger charge is -2.19.